The third-order valence-corrected chi connectivity index (χ3v) is 0.929. The van der Waals surface area contributed by atoms with Crippen molar-refractivity contribution in [1.82, 2.24) is 4.90 Å². The highest BCUT2D eigenvalue weighted by molar-refractivity contribution is 4.48. The molecular formula is C14H39NO. The first-order valence-electron chi connectivity index (χ1n) is 7.16. The van der Waals surface area contributed by atoms with Gasteiger partial charge < -0.3 is 4.74 Å². The molecule has 0 aliphatic carbocycles. The Morgan fingerprint density at radius 2 is 1.00 bits per heavy atom. The average molecular weight is 237 g/mol. The fourth-order valence-electron chi connectivity index (χ4n) is 0.505. The van der Waals surface area contributed by atoms with Crippen molar-refractivity contribution in [2.45, 2.75) is 69.2 Å². The van der Waals surface area contributed by atoms with E-state index >= 15 is 0 Å². The zero-order valence-electron chi connectivity index (χ0n) is 14.0. The van der Waals surface area contributed by atoms with Gasteiger partial charge in [0, 0.05) is 6.54 Å². The molecule has 0 spiro atoms. The molecule has 1 fully saturated rings. The Morgan fingerprint density at radius 3 is 1.06 bits per heavy atom. The number of rotatable bonds is 0. The first kappa shape index (κ1) is 29.7. The van der Waals surface area contributed by atoms with Gasteiger partial charge in [-0.3, -0.25) is 4.90 Å². The molecule has 1 saturated heterocycles. The highest BCUT2D eigenvalue weighted by atomic mass is 16.5. The summed E-state index contributed by atoms with van der Waals surface area (Å²) in [4.78, 5) is 2.14. The molecule has 0 aromatic carbocycles. The summed E-state index contributed by atoms with van der Waals surface area (Å²) in [6, 6.07) is 0. The summed E-state index contributed by atoms with van der Waals surface area (Å²) in [6.07, 6.45) is 0. The van der Waals surface area contributed by atoms with E-state index in [4.69, 9.17) is 4.74 Å². The third-order valence-electron chi connectivity index (χ3n) is 0.929. The van der Waals surface area contributed by atoms with Gasteiger partial charge in [0.15, 0.2) is 0 Å². The second kappa shape index (κ2) is 60.4. The maximum absolute atomic E-state index is 4.98. The summed E-state index contributed by atoms with van der Waals surface area (Å²) in [5.74, 6) is 0. The van der Waals surface area contributed by atoms with Crippen LogP contribution in [0.4, 0.5) is 0 Å². The summed E-state index contributed by atoms with van der Waals surface area (Å²) in [5, 5.41) is 0. The molecule has 2 nitrogen and oxygen atoms in total. The minimum Gasteiger partial charge on any atom is -0.365 e. The maximum atomic E-state index is 4.98. The molecule has 0 unspecified atom stereocenters. The quantitative estimate of drug-likeness (QED) is 0.585. The van der Waals surface area contributed by atoms with Crippen molar-refractivity contribution in [3.63, 3.8) is 0 Å². The van der Waals surface area contributed by atoms with E-state index < -0.39 is 0 Å². The van der Waals surface area contributed by atoms with E-state index in [1.807, 2.05) is 76.3 Å². The molecule has 0 aromatic rings. The Balaban J connectivity index is -0.0000000351. The van der Waals surface area contributed by atoms with Crippen LogP contribution in [0.25, 0.3) is 0 Å². The second-order valence-corrected chi connectivity index (χ2v) is 1.62. The van der Waals surface area contributed by atoms with Crippen molar-refractivity contribution in [2.75, 3.05) is 26.9 Å². The number of nitrogens with zero attached hydrogens (tertiary/aromatic N) is 1. The van der Waals surface area contributed by atoms with Gasteiger partial charge in [-0.1, -0.05) is 69.2 Å². The molecule has 1 heterocycles. The normalized spacial score (nSPS) is 11.4. The highest BCUT2D eigenvalue weighted by Gasteiger charge is 2.03. The van der Waals surface area contributed by atoms with Crippen molar-refractivity contribution in [1.29, 1.82) is 0 Å². The fourth-order valence-corrected chi connectivity index (χ4v) is 0.505. The van der Waals surface area contributed by atoms with Gasteiger partial charge in [-0.05, 0) is 7.05 Å². The Bertz CT molecular complexity index is 44.0. The zero-order chi connectivity index (χ0) is 14.4. The fraction of sp³-hybridized carbons (Fsp3) is 1.00. The number of ether oxygens (including phenoxy) is 1. The predicted molar refractivity (Wildman–Crippen MR) is 80.2 cm³/mol. The minimum atomic E-state index is 0.819. The summed E-state index contributed by atoms with van der Waals surface area (Å²) < 4.78 is 4.98. The molecule has 0 bridgehead atoms. The topological polar surface area (TPSA) is 12.5 Å². The molecule has 16 heavy (non-hydrogen) atoms. The lowest BCUT2D eigenvalue weighted by Gasteiger charge is -1.98. The van der Waals surface area contributed by atoms with Crippen LogP contribution in [0.15, 0.2) is 0 Å². The molecular weight excluding hydrogens is 198 g/mol. The van der Waals surface area contributed by atoms with E-state index in [0.29, 0.717) is 0 Å². The van der Waals surface area contributed by atoms with E-state index in [1.54, 1.807) is 0 Å². The molecule has 0 atom stereocenters. The Labute approximate surface area is 106 Å². The van der Waals surface area contributed by atoms with Crippen LogP contribution in [0.1, 0.15) is 69.2 Å². The van der Waals surface area contributed by atoms with Crippen LogP contribution in [-0.2, 0) is 4.74 Å². The van der Waals surface area contributed by atoms with E-state index in [2.05, 4.69) is 4.90 Å². The van der Waals surface area contributed by atoms with Gasteiger partial charge in [0.1, 0.15) is 0 Å². The number of hydrogen-bond donors (Lipinski definition) is 0. The van der Waals surface area contributed by atoms with Gasteiger partial charge in [-0.2, -0.15) is 0 Å². The molecule has 0 N–H and O–H groups in total. The largest absolute Gasteiger partial charge is 0.365 e. The van der Waals surface area contributed by atoms with Crippen LogP contribution in [0.5, 0.6) is 0 Å². The minimum absolute atomic E-state index is 0.819. The Kier molecular flexibility index (Phi) is 112. The summed E-state index contributed by atoms with van der Waals surface area (Å²) in [7, 11) is 2.05. The van der Waals surface area contributed by atoms with Crippen LogP contribution in [0, 0.1) is 0 Å². The predicted octanol–water partition coefficient (Wildman–Crippen LogP) is 5.04. The van der Waals surface area contributed by atoms with E-state index in [1.165, 1.54) is 0 Å². The van der Waals surface area contributed by atoms with Crippen molar-refractivity contribution >= 4 is 0 Å². The summed E-state index contributed by atoms with van der Waals surface area (Å²) in [5.41, 5.74) is 0. The van der Waals surface area contributed by atoms with E-state index in [-0.39, 0.29) is 0 Å². The van der Waals surface area contributed by atoms with Crippen LogP contribution in [0.2, 0.25) is 0 Å². The third kappa shape index (κ3) is 48.5. The van der Waals surface area contributed by atoms with Gasteiger partial charge in [-0.25, -0.2) is 0 Å². The smallest absolute Gasteiger partial charge is 0.0989 e. The van der Waals surface area contributed by atoms with E-state index in [0.717, 1.165) is 19.9 Å². The van der Waals surface area contributed by atoms with Gasteiger partial charge in [0.05, 0.1) is 13.3 Å². The first-order valence-corrected chi connectivity index (χ1v) is 7.16. The Morgan fingerprint density at radius 1 is 0.688 bits per heavy atom. The van der Waals surface area contributed by atoms with Crippen molar-refractivity contribution < 1.29 is 4.74 Å². The van der Waals surface area contributed by atoms with Crippen LogP contribution < -0.4 is 0 Å². The van der Waals surface area contributed by atoms with Crippen LogP contribution >= 0.6 is 0 Å². The van der Waals surface area contributed by atoms with E-state index in [9.17, 15) is 0 Å². The van der Waals surface area contributed by atoms with Crippen molar-refractivity contribution in [3.8, 4) is 0 Å². The zero-order valence-corrected chi connectivity index (χ0v) is 14.0. The van der Waals surface area contributed by atoms with Gasteiger partial charge in [-0.15, -0.1) is 0 Å². The highest BCUT2D eigenvalue weighted by Crippen LogP contribution is 1.91. The molecule has 0 aromatic heterocycles. The molecule has 0 saturated carbocycles. The average Bonchev–Trinajstić information content (AvgIpc) is 2.92. The molecule has 1 aliphatic rings. The molecule has 1 rings (SSSR count). The van der Waals surface area contributed by atoms with Gasteiger partial charge in [0.25, 0.3) is 0 Å². The summed E-state index contributed by atoms with van der Waals surface area (Å²) >= 11 is 0. The molecule has 1 aliphatic heterocycles. The summed E-state index contributed by atoms with van der Waals surface area (Å²) in [6.45, 7) is 22.8. The maximum Gasteiger partial charge on any atom is 0.0989 e. The van der Waals surface area contributed by atoms with Crippen molar-refractivity contribution in [2.24, 2.45) is 0 Å². The molecule has 106 valence electrons. The molecule has 2 heteroatoms. The SMILES string of the molecule is CC.CC.CC.CC.CC.CN1CCOC1. The number of hydrogen-bond acceptors (Lipinski definition) is 2. The van der Waals surface area contributed by atoms with Gasteiger partial charge in [0.2, 0.25) is 0 Å². The van der Waals surface area contributed by atoms with Gasteiger partial charge >= 0.3 is 0 Å². The molecule has 0 amide bonds. The Hall–Kier alpha value is -0.0800. The number of likely N-dealkylation sites (N-methyl/N-ethyl adjacent to an activating group) is 1. The second-order valence-electron chi connectivity index (χ2n) is 1.62. The lowest BCUT2D eigenvalue weighted by molar-refractivity contribution is 0.154. The standard InChI is InChI=1S/C4H9NO.5C2H6/c1-5-2-3-6-4-5;5*1-2/h2-4H2,1H3;5*1-2H3. The first-order chi connectivity index (χ1) is 7.89. The van der Waals surface area contributed by atoms with Crippen LogP contribution in [-0.4, -0.2) is 31.8 Å². The monoisotopic (exact) mass is 237 g/mol. The molecule has 0 radical (unpaired) electrons. The van der Waals surface area contributed by atoms with Crippen molar-refractivity contribution in [3.05, 3.63) is 0 Å². The lowest BCUT2D eigenvalue weighted by atomic mass is 10.7. The van der Waals surface area contributed by atoms with Crippen LogP contribution in [0.3, 0.4) is 0 Å². The lowest BCUT2D eigenvalue weighted by Crippen LogP contribution is -2.11.